The Morgan fingerprint density at radius 2 is 1.46 bits per heavy atom. The van der Waals surface area contributed by atoms with E-state index in [0.29, 0.717) is 0 Å². The summed E-state index contributed by atoms with van der Waals surface area (Å²) < 4.78 is 0. The van der Waals surface area contributed by atoms with Gasteiger partial charge in [0.1, 0.15) is 0 Å². The zero-order valence-electron chi connectivity index (χ0n) is 8.67. The third-order valence-corrected chi connectivity index (χ3v) is 1.69. The summed E-state index contributed by atoms with van der Waals surface area (Å²) in [6, 6.07) is 6.69. The molecule has 0 saturated heterocycles. The lowest BCUT2D eigenvalue weighted by Gasteiger charge is -2.00. The summed E-state index contributed by atoms with van der Waals surface area (Å²) in [5.74, 6) is 0. The second-order valence-corrected chi connectivity index (χ2v) is 3.04. The van der Waals surface area contributed by atoms with Gasteiger partial charge in [0, 0.05) is 22.5 Å². The van der Waals surface area contributed by atoms with E-state index in [2.05, 4.69) is 54.4 Å². The van der Waals surface area contributed by atoms with E-state index >= 15 is 0 Å². The maximum absolute atomic E-state index is 4.50. The van der Waals surface area contributed by atoms with E-state index in [0.717, 1.165) is 13.5 Å². The number of hydrogen-bond donors (Lipinski definition) is 0. The molecule has 0 heterocycles. The molecule has 1 aromatic rings. The SMILES string of the molecule is CCc1cc(C)cc(C)c1.[B][B][B]. The molecule has 0 unspecified atom stereocenters. The minimum absolute atomic E-state index is 1.00. The molecule has 0 aliphatic heterocycles. The quantitative estimate of drug-likeness (QED) is 0.558. The molecule has 0 saturated carbocycles. The highest BCUT2D eigenvalue weighted by molar-refractivity contribution is 7.17. The second-order valence-electron chi connectivity index (χ2n) is 3.04. The summed E-state index contributed by atoms with van der Waals surface area (Å²) in [5, 5.41) is 0. The summed E-state index contributed by atoms with van der Waals surface area (Å²) in [7, 11) is 10.0. The summed E-state index contributed by atoms with van der Waals surface area (Å²) in [4.78, 5) is 0. The first-order chi connectivity index (χ1) is 6.13. The van der Waals surface area contributed by atoms with Gasteiger partial charge in [0.15, 0.2) is 0 Å². The molecule has 0 nitrogen and oxygen atoms in total. The molecule has 0 spiro atoms. The molecule has 3 heteroatoms. The highest BCUT2D eigenvalue weighted by Gasteiger charge is 1.91. The van der Waals surface area contributed by atoms with Crippen LogP contribution < -0.4 is 0 Å². The highest BCUT2D eigenvalue weighted by atomic mass is 14.0. The Balaban J connectivity index is 0.000000424. The molecule has 0 bridgehead atoms. The third-order valence-electron chi connectivity index (χ3n) is 1.69. The van der Waals surface area contributed by atoms with Crippen LogP contribution in [0.3, 0.4) is 0 Å². The lowest BCUT2D eigenvalue weighted by molar-refractivity contribution is 1.12. The van der Waals surface area contributed by atoms with Crippen LogP contribution in [0.25, 0.3) is 0 Å². The van der Waals surface area contributed by atoms with Crippen LogP contribution >= 0.6 is 0 Å². The fraction of sp³-hybridized carbons (Fsp3) is 0.400. The first-order valence-electron chi connectivity index (χ1n) is 4.46. The minimum Gasteiger partial charge on any atom is -0.0613 e. The standard InChI is InChI=1S/C10H14.B3/c1-4-10-6-8(2)5-9(3)7-10;1-3-2/h5-7H,4H2,1-3H3;. The van der Waals surface area contributed by atoms with Gasteiger partial charge in [-0.05, 0) is 25.8 Å². The Bertz CT molecular complexity index is 226. The smallest absolute Gasteiger partial charge is 0 e. The third kappa shape index (κ3) is 5.62. The molecule has 0 amide bonds. The molecule has 0 aliphatic carbocycles. The van der Waals surface area contributed by atoms with Gasteiger partial charge in [-0.2, -0.15) is 0 Å². The van der Waals surface area contributed by atoms with Crippen LogP contribution in [-0.2, 0) is 6.42 Å². The van der Waals surface area contributed by atoms with Crippen LogP contribution in [0.1, 0.15) is 23.6 Å². The van der Waals surface area contributed by atoms with E-state index in [1.54, 1.807) is 0 Å². The van der Waals surface area contributed by atoms with Crippen molar-refractivity contribution in [3.63, 3.8) is 0 Å². The predicted molar refractivity (Wildman–Crippen MR) is 62.6 cm³/mol. The van der Waals surface area contributed by atoms with Crippen molar-refractivity contribution in [1.82, 2.24) is 0 Å². The molecule has 63 valence electrons. The first kappa shape index (κ1) is 12.4. The molecule has 1 aromatic carbocycles. The van der Waals surface area contributed by atoms with Crippen molar-refractivity contribution < 1.29 is 0 Å². The van der Waals surface area contributed by atoms with Gasteiger partial charge in [0.05, 0.1) is 0 Å². The topological polar surface area (TPSA) is 0 Å². The largest absolute Gasteiger partial charge is 0.0613 e. The summed E-state index contributed by atoms with van der Waals surface area (Å²) in [6.07, 6.45) is 1.14. The molecular formula is C10H14B3. The monoisotopic (exact) mass is 167 g/mol. The van der Waals surface area contributed by atoms with Crippen molar-refractivity contribution in [2.75, 3.05) is 0 Å². The minimum atomic E-state index is 1.00. The first-order valence-corrected chi connectivity index (χ1v) is 4.46. The summed E-state index contributed by atoms with van der Waals surface area (Å²) >= 11 is 0. The Morgan fingerprint density at radius 3 is 1.77 bits per heavy atom. The van der Waals surface area contributed by atoms with Gasteiger partial charge < -0.3 is 0 Å². The maximum Gasteiger partial charge on any atom is 0 e. The van der Waals surface area contributed by atoms with Crippen LogP contribution in [0, 0.1) is 13.8 Å². The van der Waals surface area contributed by atoms with E-state index < -0.39 is 0 Å². The van der Waals surface area contributed by atoms with E-state index in [4.69, 9.17) is 0 Å². The Labute approximate surface area is 85.2 Å². The van der Waals surface area contributed by atoms with E-state index in [-0.39, 0.29) is 0 Å². The fourth-order valence-corrected chi connectivity index (χ4v) is 1.27. The summed E-state index contributed by atoms with van der Waals surface area (Å²) in [6.45, 7) is 6.48. The molecule has 5 radical (unpaired) electrons. The van der Waals surface area contributed by atoms with Crippen molar-refractivity contribution >= 4 is 22.5 Å². The van der Waals surface area contributed by atoms with Crippen LogP contribution in [0.2, 0.25) is 0 Å². The van der Waals surface area contributed by atoms with Crippen LogP contribution in [-0.4, -0.2) is 22.5 Å². The van der Waals surface area contributed by atoms with Gasteiger partial charge >= 0.3 is 0 Å². The van der Waals surface area contributed by atoms with Crippen molar-refractivity contribution in [3.05, 3.63) is 34.9 Å². The van der Waals surface area contributed by atoms with Gasteiger partial charge in [-0.15, -0.1) is 0 Å². The molecule has 0 atom stereocenters. The van der Waals surface area contributed by atoms with Crippen molar-refractivity contribution in [2.45, 2.75) is 27.2 Å². The highest BCUT2D eigenvalue weighted by Crippen LogP contribution is 2.08. The second kappa shape index (κ2) is 6.88. The Morgan fingerprint density at radius 1 is 1.08 bits per heavy atom. The van der Waals surface area contributed by atoms with Crippen LogP contribution in [0.15, 0.2) is 18.2 Å². The number of aryl methyl sites for hydroxylation is 3. The lowest BCUT2D eigenvalue weighted by Crippen LogP contribution is -1.83. The van der Waals surface area contributed by atoms with E-state index in [1.807, 2.05) is 0 Å². The fourth-order valence-electron chi connectivity index (χ4n) is 1.27. The van der Waals surface area contributed by atoms with Crippen LogP contribution in [0.4, 0.5) is 0 Å². The Kier molecular flexibility index (Phi) is 6.57. The molecule has 0 fully saturated rings. The summed E-state index contributed by atoms with van der Waals surface area (Å²) in [5.41, 5.74) is 4.19. The number of rotatable bonds is 1. The normalized spacial score (nSPS) is 8.54. The average molecular weight is 167 g/mol. The molecule has 1 rings (SSSR count). The Hall–Kier alpha value is -0.585. The van der Waals surface area contributed by atoms with E-state index in [9.17, 15) is 0 Å². The zero-order valence-corrected chi connectivity index (χ0v) is 8.67. The van der Waals surface area contributed by atoms with Gasteiger partial charge in [0.25, 0.3) is 0 Å². The number of hydrogen-bond acceptors (Lipinski definition) is 0. The van der Waals surface area contributed by atoms with Gasteiger partial charge in [-0.3, -0.25) is 0 Å². The average Bonchev–Trinajstić information content (AvgIpc) is 2.04. The molecule has 0 N–H and O–H groups in total. The van der Waals surface area contributed by atoms with Crippen molar-refractivity contribution in [2.24, 2.45) is 0 Å². The van der Waals surface area contributed by atoms with Gasteiger partial charge in [-0.25, -0.2) is 0 Å². The number of benzene rings is 1. The van der Waals surface area contributed by atoms with E-state index in [1.165, 1.54) is 16.7 Å². The van der Waals surface area contributed by atoms with Crippen LogP contribution in [0.5, 0.6) is 0 Å². The zero-order chi connectivity index (χ0) is 10.3. The van der Waals surface area contributed by atoms with Gasteiger partial charge in [-0.1, -0.05) is 36.2 Å². The van der Waals surface area contributed by atoms with Crippen molar-refractivity contribution in [1.29, 1.82) is 0 Å². The molecule has 13 heavy (non-hydrogen) atoms. The predicted octanol–water partition coefficient (Wildman–Crippen LogP) is 1.72. The maximum atomic E-state index is 4.50. The lowest BCUT2D eigenvalue weighted by atomic mass is 9.40. The molecule has 0 aliphatic rings. The van der Waals surface area contributed by atoms with Gasteiger partial charge in [0.2, 0.25) is 0 Å². The molecular weight excluding hydrogens is 153 g/mol. The van der Waals surface area contributed by atoms with Crippen molar-refractivity contribution in [3.8, 4) is 0 Å². The molecule has 0 aromatic heterocycles.